The smallest absolute Gasteiger partial charge is 0.541 e. The monoisotopic (exact) mass is 182 g/mol. The molecule has 0 aromatic heterocycles. The molecule has 0 spiro atoms. The summed E-state index contributed by atoms with van der Waals surface area (Å²) in [5.74, 6) is -1.17. The van der Waals surface area contributed by atoms with Gasteiger partial charge in [-0.15, -0.1) is 0 Å². The van der Waals surface area contributed by atoms with Crippen LogP contribution in [0.1, 0.15) is 19.8 Å². The summed E-state index contributed by atoms with van der Waals surface area (Å²) in [6.45, 7) is 1.90. The Kier molecular flexibility index (Phi) is 11.5. The first kappa shape index (κ1) is 14.3. The van der Waals surface area contributed by atoms with Crippen LogP contribution in [0, 0.1) is 5.92 Å². The van der Waals surface area contributed by atoms with Gasteiger partial charge < -0.3 is 9.53 Å². The Balaban J connectivity index is 0. The van der Waals surface area contributed by atoms with Gasteiger partial charge in [0.2, 0.25) is 0 Å². The summed E-state index contributed by atoms with van der Waals surface area (Å²) in [5, 5.41) is 0. The second-order valence-corrected chi connectivity index (χ2v) is 1.98. The van der Waals surface area contributed by atoms with E-state index in [0.717, 1.165) is 6.42 Å². The molecule has 0 amide bonds. The molecule has 0 fully saturated rings. The van der Waals surface area contributed by atoms with Gasteiger partial charge in [0.15, 0.2) is 0 Å². The minimum atomic E-state index is -0.685. The van der Waals surface area contributed by atoms with E-state index in [-0.39, 0.29) is 51.4 Å². The molecule has 0 saturated carbocycles. The van der Waals surface area contributed by atoms with Crippen molar-refractivity contribution in [2.45, 2.75) is 19.8 Å². The van der Waals surface area contributed by atoms with E-state index in [0.29, 0.717) is 6.42 Å². The van der Waals surface area contributed by atoms with E-state index in [1.54, 1.807) is 6.29 Å². The second-order valence-electron chi connectivity index (χ2n) is 1.98. The number of ether oxygens (including phenoxy) is 1. The number of carbonyl (C=O) groups is 1. The Morgan fingerprint density at radius 3 is 2.45 bits per heavy atom. The van der Waals surface area contributed by atoms with E-state index in [9.17, 15) is 9.59 Å². The average Bonchev–Trinajstić information content (AvgIpc) is 1.99. The third-order valence-electron chi connectivity index (χ3n) is 1.21. The summed E-state index contributed by atoms with van der Waals surface area (Å²) in [6.07, 6.45) is 2.94. The molecule has 0 saturated heterocycles. The molecule has 0 N–H and O–H groups in total. The fraction of sp³-hybridized carbons (Fsp3) is 0.714. The van der Waals surface area contributed by atoms with Gasteiger partial charge in [-0.25, -0.2) is 0 Å². The van der Waals surface area contributed by atoms with Crippen LogP contribution >= 0.6 is 0 Å². The average molecular weight is 182 g/mol. The summed E-state index contributed by atoms with van der Waals surface area (Å²) in [4.78, 5) is 20.7. The molecule has 3 nitrogen and oxygen atoms in total. The zero-order chi connectivity index (χ0) is 7.98. The zero-order valence-electron chi connectivity index (χ0n) is 7.22. The van der Waals surface area contributed by atoms with Crippen LogP contribution in [0.15, 0.2) is 0 Å². The van der Waals surface area contributed by atoms with Crippen molar-refractivity contribution in [1.29, 1.82) is 0 Å². The normalized spacial score (nSPS) is 11.1. The van der Waals surface area contributed by atoms with Crippen LogP contribution in [0.3, 0.4) is 0 Å². The number of carbonyl (C=O) groups excluding carboxylic acids is 2. The SMILES string of the molecule is CCCC([C-]=O)C(=O)OC.[K+]. The maximum atomic E-state index is 10.6. The van der Waals surface area contributed by atoms with Crippen LogP contribution < -0.4 is 51.4 Å². The molecule has 0 aliphatic heterocycles. The fourth-order valence-electron chi connectivity index (χ4n) is 0.656. The molecule has 4 heteroatoms. The van der Waals surface area contributed by atoms with Crippen molar-refractivity contribution in [2.75, 3.05) is 7.11 Å². The van der Waals surface area contributed by atoms with Crippen molar-refractivity contribution < 1.29 is 65.7 Å². The first-order chi connectivity index (χ1) is 4.76. The zero-order valence-corrected chi connectivity index (χ0v) is 10.3. The van der Waals surface area contributed by atoms with Crippen molar-refractivity contribution in [3.05, 3.63) is 0 Å². The number of hydrogen-bond donors (Lipinski definition) is 0. The standard InChI is InChI=1S/C7H11O3.K/c1-3-4-6(5-8)7(9)10-2;/h6H,3-4H2,1-2H3;/q-1;+1. The topological polar surface area (TPSA) is 43.4 Å². The summed E-state index contributed by atoms with van der Waals surface area (Å²) in [7, 11) is 1.27. The predicted octanol–water partition coefficient (Wildman–Crippen LogP) is -2.31. The molecule has 0 radical (unpaired) electrons. The minimum Gasteiger partial charge on any atom is -0.541 e. The maximum Gasteiger partial charge on any atom is 1.00 e. The largest absolute Gasteiger partial charge is 1.00 e. The quantitative estimate of drug-likeness (QED) is 0.212. The molecule has 1 unspecified atom stereocenters. The van der Waals surface area contributed by atoms with Gasteiger partial charge >= 0.3 is 51.4 Å². The van der Waals surface area contributed by atoms with Gasteiger partial charge in [0.25, 0.3) is 5.97 Å². The molecular formula is C7H11KO3. The summed E-state index contributed by atoms with van der Waals surface area (Å²) >= 11 is 0. The number of methoxy groups -OCH3 is 1. The number of rotatable bonds is 4. The van der Waals surface area contributed by atoms with Crippen LogP contribution in [0.2, 0.25) is 0 Å². The van der Waals surface area contributed by atoms with E-state index in [4.69, 9.17) is 0 Å². The Morgan fingerprint density at radius 1 is 1.64 bits per heavy atom. The molecule has 11 heavy (non-hydrogen) atoms. The van der Waals surface area contributed by atoms with E-state index in [1.165, 1.54) is 7.11 Å². The second kappa shape index (κ2) is 8.87. The van der Waals surface area contributed by atoms with Crippen molar-refractivity contribution in [3.8, 4) is 0 Å². The predicted molar refractivity (Wildman–Crippen MR) is 36.1 cm³/mol. The van der Waals surface area contributed by atoms with Gasteiger partial charge in [-0.3, -0.25) is 11.1 Å². The molecular weight excluding hydrogens is 171 g/mol. The Bertz CT molecular complexity index is 125. The molecule has 0 aliphatic rings. The Morgan fingerprint density at radius 2 is 2.18 bits per heavy atom. The Labute approximate surface area is 109 Å². The first-order valence-corrected chi connectivity index (χ1v) is 3.21. The van der Waals surface area contributed by atoms with Gasteiger partial charge in [-0.05, 0) is 5.92 Å². The van der Waals surface area contributed by atoms with Crippen LogP contribution in [0.25, 0.3) is 0 Å². The summed E-state index contributed by atoms with van der Waals surface area (Å²) < 4.78 is 4.35. The van der Waals surface area contributed by atoms with Crippen LogP contribution in [0.4, 0.5) is 0 Å². The van der Waals surface area contributed by atoms with E-state index < -0.39 is 11.9 Å². The minimum absolute atomic E-state index is 0. The molecule has 0 aromatic rings. The van der Waals surface area contributed by atoms with Crippen LogP contribution in [0.5, 0.6) is 0 Å². The number of esters is 1. The summed E-state index contributed by atoms with van der Waals surface area (Å²) in [5.41, 5.74) is 0. The third kappa shape index (κ3) is 5.99. The molecule has 58 valence electrons. The van der Waals surface area contributed by atoms with Gasteiger partial charge in [-0.2, -0.15) is 0 Å². The third-order valence-corrected chi connectivity index (χ3v) is 1.21. The number of hydrogen-bond acceptors (Lipinski definition) is 3. The molecule has 0 aliphatic carbocycles. The van der Waals surface area contributed by atoms with Gasteiger partial charge in [-0.1, -0.05) is 19.8 Å². The van der Waals surface area contributed by atoms with Crippen molar-refractivity contribution >= 4 is 12.3 Å². The van der Waals surface area contributed by atoms with E-state index >= 15 is 0 Å². The van der Waals surface area contributed by atoms with E-state index in [2.05, 4.69) is 4.74 Å². The summed E-state index contributed by atoms with van der Waals surface area (Å²) in [6, 6.07) is 0. The van der Waals surface area contributed by atoms with Gasteiger partial charge in [0.05, 0.1) is 7.11 Å². The molecule has 0 aromatic carbocycles. The fourth-order valence-corrected chi connectivity index (χ4v) is 0.656. The molecule has 0 rings (SSSR count). The Hall–Kier alpha value is 0.776. The van der Waals surface area contributed by atoms with Crippen LogP contribution in [-0.4, -0.2) is 19.4 Å². The molecule has 0 heterocycles. The van der Waals surface area contributed by atoms with Gasteiger partial charge in [0.1, 0.15) is 0 Å². The molecule has 0 bridgehead atoms. The van der Waals surface area contributed by atoms with Crippen molar-refractivity contribution in [2.24, 2.45) is 5.92 Å². The first-order valence-electron chi connectivity index (χ1n) is 3.21. The van der Waals surface area contributed by atoms with Crippen LogP contribution in [-0.2, 0) is 14.3 Å². The maximum absolute atomic E-state index is 10.6. The van der Waals surface area contributed by atoms with Crippen molar-refractivity contribution in [1.82, 2.24) is 0 Å². The molecule has 1 atom stereocenters. The van der Waals surface area contributed by atoms with Crippen molar-refractivity contribution in [3.63, 3.8) is 0 Å². The van der Waals surface area contributed by atoms with Gasteiger partial charge in [0, 0.05) is 0 Å². The van der Waals surface area contributed by atoms with E-state index in [1.807, 2.05) is 6.92 Å².